The van der Waals surface area contributed by atoms with E-state index in [-0.39, 0.29) is 12.4 Å². The molecule has 14 heavy (non-hydrogen) atoms. The summed E-state index contributed by atoms with van der Waals surface area (Å²) in [4.78, 5) is 1.47. The minimum absolute atomic E-state index is 0. The molecule has 1 aliphatic rings. The van der Waals surface area contributed by atoms with Crippen molar-refractivity contribution in [2.45, 2.75) is 10.6 Å². The number of nitrogens with two attached hydrogens (primary N) is 1. The Morgan fingerprint density at radius 2 is 2.14 bits per heavy atom. The number of fused-ring (bicyclic) bond motifs is 1. The van der Waals surface area contributed by atoms with Gasteiger partial charge >= 0.3 is 0 Å². The van der Waals surface area contributed by atoms with Crippen molar-refractivity contribution in [1.82, 2.24) is 0 Å². The zero-order chi connectivity index (χ0) is 9.52. The Bertz CT molecular complexity index is 233. The van der Waals surface area contributed by atoms with Crippen LogP contribution >= 0.6 is 24.2 Å². The van der Waals surface area contributed by atoms with Gasteiger partial charge in [-0.15, -0.1) is 24.2 Å². The van der Waals surface area contributed by atoms with Crippen LogP contribution in [0.2, 0.25) is 0 Å². The van der Waals surface area contributed by atoms with Crippen LogP contribution in [0.3, 0.4) is 0 Å². The topological polar surface area (TPSA) is 35.2 Å². The minimum atomic E-state index is 0. The maximum absolute atomic E-state index is 5.01. The Morgan fingerprint density at radius 3 is 2.36 bits per heavy atom. The number of ether oxygens (including phenoxy) is 1. The first-order chi connectivity index (χ1) is 6.38. The van der Waals surface area contributed by atoms with E-state index in [0.29, 0.717) is 13.2 Å². The van der Waals surface area contributed by atoms with Crippen molar-refractivity contribution in [3.05, 3.63) is 29.8 Å². The quantitative estimate of drug-likeness (QED) is 0.852. The molecule has 1 heterocycles. The predicted molar refractivity (Wildman–Crippen MR) is 64.2 cm³/mol. The smallest absolute Gasteiger partial charge is 0.0584 e. The van der Waals surface area contributed by atoms with Crippen LogP contribution in [0.1, 0.15) is 5.56 Å². The third-order valence-corrected chi connectivity index (χ3v) is 2.84. The summed E-state index contributed by atoms with van der Waals surface area (Å²) >= 11 is 1.93. The van der Waals surface area contributed by atoms with Crippen LogP contribution in [-0.4, -0.2) is 20.3 Å². The van der Waals surface area contributed by atoms with Gasteiger partial charge in [0.2, 0.25) is 0 Å². The van der Waals surface area contributed by atoms with Crippen molar-refractivity contribution in [1.29, 1.82) is 0 Å². The number of methoxy groups -OCH3 is 1. The van der Waals surface area contributed by atoms with Crippen molar-refractivity contribution >= 4 is 24.2 Å². The lowest BCUT2D eigenvalue weighted by atomic mass is 10.2. The van der Waals surface area contributed by atoms with Crippen LogP contribution in [0.25, 0.3) is 0 Å². The standard InChI is InChI=1S/C7H6S.C3H9NO.ClH/c1-2-4-7-6(3-1)5-8-7;1-5-3-2-4;/h1-4H,5H2;2-4H2,1H3;1H. The molecule has 1 aromatic carbocycles. The molecule has 0 fully saturated rings. The fourth-order valence-electron chi connectivity index (χ4n) is 0.957. The van der Waals surface area contributed by atoms with Crippen LogP contribution in [0.4, 0.5) is 0 Å². The molecule has 0 radical (unpaired) electrons. The third-order valence-electron chi connectivity index (χ3n) is 1.68. The van der Waals surface area contributed by atoms with E-state index in [1.54, 1.807) is 7.11 Å². The molecule has 1 aromatic rings. The Kier molecular flexibility index (Phi) is 7.99. The first-order valence-corrected chi connectivity index (χ1v) is 5.26. The molecule has 80 valence electrons. The van der Waals surface area contributed by atoms with Crippen LogP contribution in [0.15, 0.2) is 29.2 Å². The van der Waals surface area contributed by atoms with Crippen LogP contribution < -0.4 is 5.73 Å². The van der Waals surface area contributed by atoms with Crippen LogP contribution in [0, 0.1) is 0 Å². The van der Waals surface area contributed by atoms with Crippen LogP contribution in [0.5, 0.6) is 0 Å². The SMILES string of the molecule is COCCN.Cl.c1ccc2c(c1)CS2. The molecule has 0 aliphatic carbocycles. The molecular weight excluding hydrogens is 218 g/mol. The van der Waals surface area contributed by atoms with E-state index in [1.165, 1.54) is 16.2 Å². The average molecular weight is 234 g/mol. The number of thioether (sulfide) groups is 1. The molecule has 0 saturated carbocycles. The van der Waals surface area contributed by atoms with Gasteiger partial charge < -0.3 is 10.5 Å². The zero-order valence-corrected chi connectivity index (χ0v) is 9.87. The van der Waals surface area contributed by atoms with Gasteiger partial charge in [0.15, 0.2) is 0 Å². The molecule has 4 heteroatoms. The van der Waals surface area contributed by atoms with Crippen LogP contribution in [-0.2, 0) is 10.5 Å². The predicted octanol–water partition coefficient (Wildman–Crippen LogP) is 2.31. The van der Waals surface area contributed by atoms with E-state index >= 15 is 0 Å². The summed E-state index contributed by atoms with van der Waals surface area (Å²) < 4.78 is 4.57. The highest BCUT2D eigenvalue weighted by atomic mass is 35.5. The highest BCUT2D eigenvalue weighted by molar-refractivity contribution is 7.99. The molecule has 0 bridgehead atoms. The fourth-order valence-corrected chi connectivity index (χ4v) is 1.77. The first-order valence-electron chi connectivity index (χ1n) is 4.28. The Balaban J connectivity index is 0.000000253. The molecular formula is C10H16ClNOS. The van der Waals surface area contributed by atoms with Gasteiger partial charge in [-0.05, 0) is 11.6 Å². The normalized spacial score (nSPS) is 11.3. The number of benzene rings is 1. The molecule has 0 spiro atoms. The summed E-state index contributed by atoms with van der Waals surface area (Å²) in [5.41, 5.74) is 6.53. The highest BCUT2D eigenvalue weighted by Crippen LogP contribution is 2.36. The molecule has 1 aliphatic heterocycles. The summed E-state index contributed by atoms with van der Waals surface area (Å²) in [5.74, 6) is 1.22. The van der Waals surface area contributed by atoms with Gasteiger partial charge in [0.05, 0.1) is 6.61 Å². The largest absolute Gasteiger partial charge is 0.383 e. The Morgan fingerprint density at radius 1 is 1.43 bits per heavy atom. The van der Waals surface area contributed by atoms with Gasteiger partial charge in [-0.3, -0.25) is 0 Å². The third kappa shape index (κ3) is 4.33. The molecule has 0 aromatic heterocycles. The van der Waals surface area contributed by atoms with E-state index in [2.05, 4.69) is 29.0 Å². The Hall–Kier alpha value is -0.220. The second-order valence-electron chi connectivity index (χ2n) is 2.68. The number of hydrogen-bond donors (Lipinski definition) is 1. The zero-order valence-electron chi connectivity index (χ0n) is 8.23. The molecule has 2 nitrogen and oxygen atoms in total. The fraction of sp³-hybridized carbons (Fsp3) is 0.400. The number of hydrogen-bond acceptors (Lipinski definition) is 3. The van der Waals surface area contributed by atoms with E-state index in [1.807, 2.05) is 11.8 Å². The van der Waals surface area contributed by atoms with Crippen molar-refractivity contribution in [2.75, 3.05) is 20.3 Å². The average Bonchev–Trinajstić information content (AvgIpc) is 2.10. The summed E-state index contributed by atoms with van der Waals surface area (Å²) in [7, 11) is 1.63. The molecule has 0 amide bonds. The van der Waals surface area contributed by atoms with Crippen molar-refractivity contribution < 1.29 is 4.74 Å². The molecule has 0 saturated heterocycles. The molecule has 0 atom stereocenters. The lowest BCUT2D eigenvalue weighted by molar-refractivity contribution is 0.207. The minimum Gasteiger partial charge on any atom is -0.383 e. The summed E-state index contributed by atoms with van der Waals surface area (Å²) in [6.07, 6.45) is 0. The van der Waals surface area contributed by atoms with E-state index in [9.17, 15) is 0 Å². The molecule has 2 rings (SSSR count). The second kappa shape index (κ2) is 8.12. The Labute approximate surface area is 95.6 Å². The summed E-state index contributed by atoms with van der Waals surface area (Å²) in [6, 6.07) is 8.54. The van der Waals surface area contributed by atoms with Gasteiger partial charge in [0.25, 0.3) is 0 Å². The van der Waals surface area contributed by atoms with Crippen molar-refractivity contribution in [2.24, 2.45) is 5.73 Å². The lowest BCUT2D eigenvalue weighted by Crippen LogP contribution is -2.05. The maximum Gasteiger partial charge on any atom is 0.0584 e. The monoisotopic (exact) mass is 233 g/mol. The van der Waals surface area contributed by atoms with Crippen molar-refractivity contribution in [3.8, 4) is 0 Å². The highest BCUT2D eigenvalue weighted by Gasteiger charge is 2.10. The second-order valence-corrected chi connectivity index (χ2v) is 3.70. The molecule has 2 N–H and O–H groups in total. The number of halogens is 1. The van der Waals surface area contributed by atoms with E-state index < -0.39 is 0 Å². The van der Waals surface area contributed by atoms with Gasteiger partial charge in [-0.25, -0.2) is 0 Å². The van der Waals surface area contributed by atoms with E-state index in [4.69, 9.17) is 5.73 Å². The first kappa shape index (κ1) is 13.8. The van der Waals surface area contributed by atoms with Gasteiger partial charge in [-0.2, -0.15) is 0 Å². The van der Waals surface area contributed by atoms with Gasteiger partial charge in [0.1, 0.15) is 0 Å². The van der Waals surface area contributed by atoms with Gasteiger partial charge in [-0.1, -0.05) is 18.2 Å². The van der Waals surface area contributed by atoms with Crippen molar-refractivity contribution in [3.63, 3.8) is 0 Å². The van der Waals surface area contributed by atoms with Gasteiger partial charge in [0, 0.05) is 24.3 Å². The number of rotatable bonds is 2. The maximum atomic E-state index is 5.01. The summed E-state index contributed by atoms with van der Waals surface area (Å²) in [6.45, 7) is 1.29. The lowest BCUT2D eigenvalue weighted by Gasteiger charge is -2.15. The summed E-state index contributed by atoms with van der Waals surface area (Å²) in [5, 5.41) is 0. The molecule has 0 unspecified atom stereocenters. The van der Waals surface area contributed by atoms with E-state index in [0.717, 1.165) is 0 Å².